The van der Waals surface area contributed by atoms with Gasteiger partial charge in [-0.25, -0.2) is 13.4 Å². The largest absolute Gasteiger partial charge is 0.372 e. The topological polar surface area (TPSA) is 75.2 Å². The first kappa shape index (κ1) is 15.5. The third-order valence-electron chi connectivity index (χ3n) is 3.33. The normalized spacial score (nSPS) is 20.8. The third-order valence-corrected chi connectivity index (χ3v) is 6.67. The van der Waals surface area contributed by atoms with Gasteiger partial charge in [0, 0.05) is 37.4 Å². The summed E-state index contributed by atoms with van der Waals surface area (Å²) in [5.74, 6) is 2.48. The summed E-state index contributed by atoms with van der Waals surface area (Å²) in [6, 6.07) is 0. The number of nitrogens with one attached hydrogen (secondary N) is 1. The Kier molecular flexibility index (Phi) is 5.22. The summed E-state index contributed by atoms with van der Waals surface area (Å²) in [6.07, 6.45) is 3.36. The van der Waals surface area contributed by atoms with Crippen LogP contribution in [-0.2, 0) is 16.4 Å². The van der Waals surface area contributed by atoms with Gasteiger partial charge in [-0.2, -0.15) is 11.8 Å². The van der Waals surface area contributed by atoms with E-state index in [4.69, 9.17) is 0 Å². The Bertz CT molecular complexity index is 533. The fourth-order valence-electron chi connectivity index (χ4n) is 2.09. The molecule has 0 aromatic carbocycles. The lowest BCUT2D eigenvalue weighted by atomic mass is 10.4. The van der Waals surface area contributed by atoms with E-state index >= 15 is 0 Å². The highest BCUT2D eigenvalue weighted by Gasteiger charge is 2.32. The maximum absolute atomic E-state index is 12.2. The number of rotatable bonds is 5. The molecule has 0 aliphatic carbocycles. The van der Waals surface area contributed by atoms with Gasteiger partial charge in [-0.3, -0.25) is 9.88 Å². The van der Waals surface area contributed by atoms with E-state index in [9.17, 15) is 8.42 Å². The first-order valence-electron chi connectivity index (χ1n) is 6.59. The van der Waals surface area contributed by atoms with E-state index in [2.05, 4.69) is 15.3 Å². The van der Waals surface area contributed by atoms with Crippen molar-refractivity contribution >= 4 is 27.4 Å². The summed E-state index contributed by atoms with van der Waals surface area (Å²) < 4.78 is 24.3. The quantitative estimate of drug-likeness (QED) is 0.862. The van der Waals surface area contributed by atoms with Crippen LogP contribution in [0.3, 0.4) is 0 Å². The molecule has 112 valence electrons. The molecule has 0 spiro atoms. The molecule has 0 saturated carbocycles. The van der Waals surface area contributed by atoms with Gasteiger partial charge in [-0.05, 0) is 0 Å². The summed E-state index contributed by atoms with van der Waals surface area (Å²) in [5, 5.41) is 2.51. The molecule has 1 fully saturated rings. The maximum Gasteiger partial charge on any atom is 0.166 e. The van der Waals surface area contributed by atoms with Gasteiger partial charge in [0.1, 0.15) is 11.2 Å². The molecule has 1 aromatic rings. The van der Waals surface area contributed by atoms with Gasteiger partial charge in [0.2, 0.25) is 0 Å². The molecular weight excluding hydrogens is 296 g/mol. The molecule has 1 N–H and O–H groups in total. The minimum absolute atomic E-state index is 0.180. The van der Waals surface area contributed by atoms with Crippen LogP contribution < -0.4 is 5.32 Å². The van der Waals surface area contributed by atoms with Crippen LogP contribution in [0.1, 0.15) is 12.6 Å². The van der Waals surface area contributed by atoms with E-state index in [0.717, 1.165) is 18.0 Å². The lowest BCUT2D eigenvalue weighted by Crippen LogP contribution is -2.47. The van der Waals surface area contributed by atoms with Crippen molar-refractivity contribution in [3.63, 3.8) is 0 Å². The molecule has 1 aliphatic rings. The van der Waals surface area contributed by atoms with Crippen LogP contribution in [0, 0.1) is 0 Å². The van der Waals surface area contributed by atoms with Gasteiger partial charge in [0.25, 0.3) is 0 Å². The zero-order valence-corrected chi connectivity index (χ0v) is 13.4. The Hall–Kier alpha value is -0.860. The van der Waals surface area contributed by atoms with E-state index in [-0.39, 0.29) is 5.75 Å². The van der Waals surface area contributed by atoms with Crippen molar-refractivity contribution in [3.05, 3.63) is 18.1 Å². The highest BCUT2D eigenvalue weighted by Crippen LogP contribution is 2.22. The molecule has 1 aromatic heterocycles. The van der Waals surface area contributed by atoms with Crippen molar-refractivity contribution in [2.24, 2.45) is 0 Å². The first-order valence-corrected chi connectivity index (χ1v) is 9.46. The van der Waals surface area contributed by atoms with Crippen molar-refractivity contribution < 1.29 is 8.42 Å². The number of nitrogens with zero attached hydrogens (tertiary/aromatic N) is 3. The van der Waals surface area contributed by atoms with Crippen LogP contribution in [0.4, 0.5) is 5.82 Å². The van der Waals surface area contributed by atoms with Gasteiger partial charge >= 0.3 is 0 Å². The van der Waals surface area contributed by atoms with E-state index in [1.54, 1.807) is 38.1 Å². The van der Waals surface area contributed by atoms with Crippen molar-refractivity contribution in [3.8, 4) is 0 Å². The van der Waals surface area contributed by atoms with Gasteiger partial charge < -0.3 is 5.32 Å². The smallest absolute Gasteiger partial charge is 0.166 e. The molecule has 20 heavy (non-hydrogen) atoms. The Morgan fingerprint density at radius 3 is 2.85 bits per heavy atom. The minimum Gasteiger partial charge on any atom is -0.372 e. The molecular formula is C12H20N4O2S2. The van der Waals surface area contributed by atoms with Crippen molar-refractivity contribution in [1.82, 2.24) is 14.9 Å². The van der Waals surface area contributed by atoms with Gasteiger partial charge in [-0.15, -0.1) is 0 Å². The molecule has 1 atom stereocenters. The summed E-state index contributed by atoms with van der Waals surface area (Å²) >= 11 is 1.70. The number of sulfone groups is 1. The third kappa shape index (κ3) is 3.62. The molecule has 2 rings (SSSR count). The van der Waals surface area contributed by atoms with Gasteiger partial charge in [0.05, 0.1) is 18.1 Å². The van der Waals surface area contributed by atoms with Crippen LogP contribution in [0.15, 0.2) is 12.4 Å². The van der Waals surface area contributed by atoms with Crippen molar-refractivity contribution in [2.45, 2.75) is 18.8 Å². The monoisotopic (exact) mass is 316 g/mol. The molecule has 0 amide bonds. The predicted molar refractivity (Wildman–Crippen MR) is 82.6 cm³/mol. The lowest BCUT2D eigenvalue weighted by Gasteiger charge is -2.34. The second-order valence-electron chi connectivity index (χ2n) is 4.59. The maximum atomic E-state index is 12.2. The van der Waals surface area contributed by atoms with E-state index in [0.29, 0.717) is 18.1 Å². The summed E-state index contributed by atoms with van der Waals surface area (Å²) in [5.41, 5.74) is 0.798. The molecule has 8 heteroatoms. The summed E-state index contributed by atoms with van der Waals surface area (Å²) in [7, 11) is -1.27. The first-order chi connectivity index (χ1) is 9.56. The number of thioether (sulfide) groups is 1. The standard InChI is InChI=1S/C12H20N4O2S2/c1-3-20(17,18)12-9-19-5-4-16(12)8-10-6-15-11(13-2)7-14-10/h6-7,12H,3-5,8-9H2,1-2H3,(H,13,15). The SMILES string of the molecule is CCS(=O)(=O)C1CSCCN1Cc1cnc(NC)cn1. The average molecular weight is 316 g/mol. The van der Waals surface area contributed by atoms with Gasteiger partial charge in [0.15, 0.2) is 9.84 Å². The Morgan fingerprint density at radius 2 is 2.25 bits per heavy atom. The zero-order chi connectivity index (χ0) is 14.6. The van der Waals surface area contributed by atoms with Crippen molar-refractivity contribution in [2.75, 3.05) is 36.2 Å². The number of anilines is 1. The fraction of sp³-hybridized carbons (Fsp3) is 0.667. The minimum atomic E-state index is -3.06. The van der Waals surface area contributed by atoms with Gasteiger partial charge in [-0.1, -0.05) is 6.92 Å². The highest BCUT2D eigenvalue weighted by molar-refractivity contribution is 8.01. The number of hydrogen-bond donors (Lipinski definition) is 1. The Morgan fingerprint density at radius 1 is 1.45 bits per heavy atom. The van der Waals surface area contributed by atoms with Crippen LogP contribution in [-0.4, -0.2) is 59.5 Å². The molecule has 2 heterocycles. The molecule has 0 radical (unpaired) electrons. The van der Waals surface area contributed by atoms with E-state index in [1.807, 2.05) is 4.90 Å². The molecule has 1 unspecified atom stereocenters. The summed E-state index contributed by atoms with van der Waals surface area (Å²) in [4.78, 5) is 10.5. The fourth-order valence-corrected chi connectivity index (χ4v) is 5.17. The average Bonchev–Trinajstić information content (AvgIpc) is 2.48. The molecule has 1 aliphatic heterocycles. The lowest BCUT2D eigenvalue weighted by molar-refractivity contribution is 0.258. The van der Waals surface area contributed by atoms with Crippen LogP contribution in [0.5, 0.6) is 0 Å². The molecule has 0 bridgehead atoms. The molecule has 1 saturated heterocycles. The number of hydrogen-bond acceptors (Lipinski definition) is 7. The second kappa shape index (κ2) is 6.73. The Labute approximate surface area is 124 Å². The van der Waals surface area contributed by atoms with E-state index in [1.165, 1.54) is 0 Å². The summed E-state index contributed by atoms with van der Waals surface area (Å²) in [6.45, 7) is 3.00. The van der Waals surface area contributed by atoms with Crippen LogP contribution >= 0.6 is 11.8 Å². The second-order valence-corrected chi connectivity index (χ2v) is 8.19. The van der Waals surface area contributed by atoms with Crippen molar-refractivity contribution in [1.29, 1.82) is 0 Å². The molecule has 6 nitrogen and oxygen atoms in total. The highest BCUT2D eigenvalue weighted by atomic mass is 32.2. The predicted octanol–water partition coefficient (Wildman–Crippen LogP) is 0.828. The Balaban J connectivity index is 2.12. The zero-order valence-electron chi connectivity index (χ0n) is 11.7. The number of aromatic nitrogens is 2. The van der Waals surface area contributed by atoms with Crippen LogP contribution in [0.25, 0.3) is 0 Å². The van der Waals surface area contributed by atoms with E-state index < -0.39 is 15.2 Å². The van der Waals surface area contributed by atoms with Crippen LogP contribution in [0.2, 0.25) is 0 Å².